The van der Waals surface area contributed by atoms with Crippen LogP contribution in [0.25, 0.3) is 21.9 Å². The summed E-state index contributed by atoms with van der Waals surface area (Å²) in [4.78, 5) is 0. The molecule has 6 heteroatoms. The van der Waals surface area contributed by atoms with Gasteiger partial charge in [-0.3, -0.25) is 0 Å². The lowest BCUT2D eigenvalue weighted by Crippen LogP contribution is -2.12. The standard InChI is InChI=1S/C18H9F6/c19-17(20,21)12-8-9-15(16(10-12)18(22,23)24)14-7-3-5-11-4-1-2-6-13(11)14/h1-8,10H. The van der Waals surface area contributed by atoms with Crippen LogP contribution < -0.4 is 0 Å². The molecule has 0 amide bonds. The molecule has 0 spiro atoms. The fourth-order valence-corrected chi connectivity index (χ4v) is 2.55. The Morgan fingerprint density at radius 2 is 1.42 bits per heavy atom. The van der Waals surface area contributed by atoms with E-state index >= 15 is 0 Å². The summed E-state index contributed by atoms with van der Waals surface area (Å²) in [5, 5.41) is 1.21. The lowest BCUT2D eigenvalue weighted by Gasteiger charge is -2.17. The Kier molecular flexibility index (Phi) is 3.78. The van der Waals surface area contributed by atoms with Crippen molar-refractivity contribution in [3.8, 4) is 11.1 Å². The first-order chi connectivity index (χ1) is 11.2. The molecular formula is C18H9F6. The van der Waals surface area contributed by atoms with E-state index in [0.717, 1.165) is 0 Å². The highest BCUT2D eigenvalue weighted by atomic mass is 19.4. The molecule has 0 fully saturated rings. The van der Waals surface area contributed by atoms with Gasteiger partial charge in [-0.2, -0.15) is 26.3 Å². The van der Waals surface area contributed by atoms with Crippen molar-refractivity contribution in [3.05, 3.63) is 71.8 Å². The molecule has 0 bridgehead atoms. The largest absolute Gasteiger partial charge is 0.417 e. The Bertz CT molecular complexity index is 885. The second-order valence-corrected chi connectivity index (χ2v) is 5.20. The van der Waals surface area contributed by atoms with Crippen molar-refractivity contribution in [3.63, 3.8) is 0 Å². The number of halogens is 6. The molecule has 1 radical (unpaired) electrons. The van der Waals surface area contributed by atoms with E-state index in [4.69, 9.17) is 0 Å². The van der Waals surface area contributed by atoms with Gasteiger partial charge in [-0.1, -0.05) is 42.5 Å². The summed E-state index contributed by atoms with van der Waals surface area (Å²) in [5.41, 5.74) is -2.94. The Morgan fingerprint density at radius 3 is 2.08 bits per heavy atom. The number of hydrogen-bond donors (Lipinski definition) is 0. The first-order valence-electron chi connectivity index (χ1n) is 6.86. The average Bonchev–Trinajstić information content (AvgIpc) is 2.52. The van der Waals surface area contributed by atoms with Crippen molar-refractivity contribution in [2.24, 2.45) is 0 Å². The van der Waals surface area contributed by atoms with Gasteiger partial charge in [0.1, 0.15) is 0 Å². The molecular weight excluding hydrogens is 330 g/mol. The molecule has 0 aliphatic heterocycles. The van der Waals surface area contributed by atoms with E-state index in [1.165, 1.54) is 6.07 Å². The molecule has 3 aromatic rings. The lowest BCUT2D eigenvalue weighted by atomic mass is 9.93. The fourth-order valence-electron chi connectivity index (χ4n) is 2.55. The maximum atomic E-state index is 13.3. The minimum atomic E-state index is -4.93. The van der Waals surface area contributed by atoms with Crippen LogP contribution in [0.4, 0.5) is 26.3 Å². The smallest absolute Gasteiger partial charge is 0.166 e. The van der Waals surface area contributed by atoms with Crippen molar-refractivity contribution in [2.45, 2.75) is 12.4 Å². The minimum absolute atomic E-state index is 0.133. The van der Waals surface area contributed by atoms with Gasteiger partial charge in [-0.25, -0.2) is 0 Å². The zero-order valence-electron chi connectivity index (χ0n) is 12.0. The highest BCUT2D eigenvalue weighted by Gasteiger charge is 2.38. The summed E-state index contributed by atoms with van der Waals surface area (Å²) < 4.78 is 78.2. The van der Waals surface area contributed by atoms with E-state index < -0.39 is 29.0 Å². The van der Waals surface area contributed by atoms with Gasteiger partial charge >= 0.3 is 12.4 Å². The molecule has 0 aliphatic rings. The molecule has 0 saturated heterocycles. The Morgan fingerprint density at radius 1 is 0.750 bits per heavy atom. The van der Waals surface area contributed by atoms with Gasteiger partial charge in [0.05, 0.1) is 11.1 Å². The summed E-state index contributed by atoms with van der Waals surface area (Å²) in [7, 11) is 0. The molecule has 24 heavy (non-hydrogen) atoms. The van der Waals surface area contributed by atoms with E-state index in [1.54, 1.807) is 36.4 Å². The summed E-state index contributed by atoms with van der Waals surface area (Å²) in [5.74, 6) is 0. The maximum Gasteiger partial charge on any atom is 0.417 e. The van der Waals surface area contributed by atoms with E-state index in [1.807, 2.05) is 0 Å². The SMILES string of the molecule is FC(F)(F)c1c[c]c(-c2cccc3ccccc23)c(C(F)(F)F)c1. The molecule has 123 valence electrons. The second-order valence-electron chi connectivity index (χ2n) is 5.20. The van der Waals surface area contributed by atoms with Gasteiger partial charge in [0.25, 0.3) is 0 Å². The summed E-state index contributed by atoms with van der Waals surface area (Å²) in [6.07, 6.45) is -9.79. The molecule has 0 nitrogen and oxygen atoms in total. The van der Waals surface area contributed by atoms with Crippen molar-refractivity contribution >= 4 is 10.8 Å². The molecule has 0 N–H and O–H groups in total. The Balaban J connectivity index is 2.31. The molecule has 0 heterocycles. The van der Waals surface area contributed by atoms with Crippen LogP contribution in [0.2, 0.25) is 0 Å². The highest BCUT2D eigenvalue weighted by molar-refractivity contribution is 5.97. The summed E-state index contributed by atoms with van der Waals surface area (Å²) >= 11 is 0. The van der Waals surface area contributed by atoms with Crippen LogP contribution in [0.1, 0.15) is 11.1 Å². The summed E-state index contributed by atoms with van der Waals surface area (Å²) in [6, 6.07) is 14.3. The predicted octanol–water partition coefficient (Wildman–Crippen LogP) is 6.34. The summed E-state index contributed by atoms with van der Waals surface area (Å²) in [6.45, 7) is 0. The van der Waals surface area contributed by atoms with E-state index in [0.29, 0.717) is 16.8 Å². The predicted molar refractivity (Wildman–Crippen MR) is 78.2 cm³/mol. The average molecular weight is 339 g/mol. The Labute approximate surface area is 133 Å². The first-order valence-corrected chi connectivity index (χ1v) is 6.86. The van der Waals surface area contributed by atoms with Crippen molar-refractivity contribution in [1.29, 1.82) is 0 Å². The number of hydrogen-bond acceptors (Lipinski definition) is 0. The molecule has 0 unspecified atom stereocenters. The lowest BCUT2D eigenvalue weighted by molar-refractivity contribution is -0.142. The Hall–Kier alpha value is -2.50. The first kappa shape index (κ1) is 16.4. The zero-order chi connectivity index (χ0) is 17.5. The van der Waals surface area contributed by atoms with Crippen molar-refractivity contribution in [2.75, 3.05) is 0 Å². The van der Waals surface area contributed by atoms with Crippen LogP contribution in [0.3, 0.4) is 0 Å². The molecule has 3 rings (SSSR count). The number of rotatable bonds is 1. The maximum absolute atomic E-state index is 13.3. The zero-order valence-corrected chi connectivity index (χ0v) is 12.0. The van der Waals surface area contributed by atoms with E-state index in [9.17, 15) is 26.3 Å². The third kappa shape index (κ3) is 2.96. The number of fused-ring (bicyclic) bond motifs is 1. The van der Waals surface area contributed by atoms with E-state index in [2.05, 4.69) is 6.07 Å². The van der Waals surface area contributed by atoms with Crippen LogP contribution in [0.5, 0.6) is 0 Å². The topological polar surface area (TPSA) is 0 Å². The van der Waals surface area contributed by atoms with Crippen molar-refractivity contribution < 1.29 is 26.3 Å². The van der Waals surface area contributed by atoms with Gasteiger partial charge in [0, 0.05) is 5.56 Å². The van der Waals surface area contributed by atoms with Crippen LogP contribution in [0, 0.1) is 6.07 Å². The third-order valence-corrected chi connectivity index (χ3v) is 3.63. The monoisotopic (exact) mass is 339 g/mol. The second kappa shape index (κ2) is 5.54. The van der Waals surface area contributed by atoms with Crippen LogP contribution >= 0.6 is 0 Å². The minimum Gasteiger partial charge on any atom is -0.166 e. The van der Waals surface area contributed by atoms with Crippen LogP contribution in [0.15, 0.2) is 54.6 Å². The normalized spacial score (nSPS) is 12.6. The molecule has 0 saturated carbocycles. The fraction of sp³-hybridized carbons (Fsp3) is 0.111. The highest BCUT2D eigenvalue weighted by Crippen LogP contribution is 2.42. The molecule has 0 atom stereocenters. The number of alkyl halides is 6. The third-order valence-electron chi connectivity index (χ3n) is 3.63. The van der Waals surface area contributed by atoms with Crippen LogP contribution in [-0.2, 0) is 12.4 Å². The van der Waals surface area contributed by atoms with Gasteiger partial charge in [0.2, 0.25) is 0 Å². The quantitative estimate of drug-likeness (QED) is 0.454. The van der Waals surface area contributed by atoms with Gasteiger partial charge < -0.3 is 0 Å². The van der Waals surface area contributed by atoms with Gasteiger partial charge in [0.15, 0.2) is 0 Å². The molecule has 0 aliphatic carbocycles. The van der Waals surface area contributed by atoms with Gasteiger partial charge in [-0.05, 0) is 34.5 Å². The molecule has 0 aromatic heterocycles. The molecule has 3 aromatic carbocycles. The van der Waals surface area contributed by atoms with E-state index in [-0.39, 0.29) is 11.6 Å². The van der Waals surface area contributed by atoms with Gasteiger partial charge in [-0.15, -0.1) is 0 Å². The van der Waals surface area contributed by atoms with Crippen LogP contribution in [-0.4, -0.2) is 0 Å². The van der Waals surface area contributed by atoms with Crippen molar-refractivity contribution in [1.82, 2.24) is 0 Å². The number of benzene rings is 3.